The van der Waals surface area contributed by atoms with E-state index in [1.165, 1.54) is 51.1 Å². The molecule has 2 aliphatic heterocycles. The molecule has 0 aliphatic carbocycles. The van der Waals surface area contributed by atoms with Crippen molar-refractivity contribution in [2.24, 2.45) is 5.16 Å². The van der Waals surface area contributed by atoms with Crippen LogP contribution in [0.1, 0.15) is 5.69 Å². The van der Waals surface area contributed by atoms with Crippen LogP contribution in [0, 0.1) is 0 Å². The van der Waals surface area contributed by atoms with Gasteiger partial charge in [-0.3, -0.25) is 14.5 Å². The van der Waals surface area contributed by atoms with Crippen molar-refractivity contribution >= 4 is 79.8 Å². The fourth-order valence-corrected chi connectivity index (χ4v) is 7.25. The molecule has 14 nitrogen and oxygen atoms in total. The normalized spacial score (nSPS) is 19.8. The van der Waals surface area contributed by atoms with Crippen molar-refractivity contribution < 1.29 is 54.3 Å². The number of carbonyl (C=O) groups excluding carboxylic acids is 3. The molecule has 3 aromatic rings. The van der Waals surface area contributed by atoms with Crippen molar-refractivity contribution in [3.8, 4) is 0 Å². The molecule has 19 heteroatoms. The molecular formula is C16H12N9NaO5S4. The summed E-state index contributed by atoms with van der Waals surface area (Å²) in [5.74, 6) is -2.34. The number of amides is 2. The number of hydrogen-bond acceptors (Lipinski definition) is 15. The Hall–Kier alpha value is -2.22. The van der Waals surface area contributed by atoms with E-state index in [9.17, 15) is 24.7 Å². The summed E-state index contributed by atoms with van der Waals surface area (Å²) in [6.07, 6.45) is 1.46. The van der Waals surface area contributed by atoms with Crippen molar-refractivity contribution in [3.63, 3.8) is 0 Å². The van der Waals surface area contributed by atoms with Crippen LogP contribution < -0.4 is 45.7 Å². The predicted molar refractivity (Wildman–Crippen MR) is 121 cm³/mol. The third-order valence-electron chi connectivity index (χ3n) is 4.84. The van der Waals surface area contributed by atoms with Gasteiger partial charge in [-0.15, -0.1) is 38.4 Å². The number of thiazole rings is 1. The maximum absolute atomic E-state index is 12.8. The molecule has 5 heterocycles. The number of carbonyl (C=O) groups is 3. The molecule has 176 valence electrons. The van der Waals surface area contributed by atoms with Gasteiger partial charge in [0.05, 0.1) is 11.7 Å². The number of oxime groups is 1. The van der Waals surface area contributed by atoms with Gasteiger partial charge in [0.1, 0.15) is 23.4 Å². The Morgan fingerprint density at radius 1 is 1.43 bits per heavy atom. The molecule has 5 rings (SSSR count). The number of nitrogens with two attached hydrogens (primary N) is 1. The van der Waals surface area contributed by atoms with E-state index < -0.39 is 34.9 Å². The first-order valence-electron chi connectivity index (χ1n) is 9.29. The van der Waals surface area contributed by atoms with Crippen LogP contribution in [-0.2, 0) is 14.4 Å². The van der Waals surface area contributed by atoms with Gasteiger partial charge in [0.15, 0.2) is 15.2 Å². The molecule has 3 aromatic heterocycles. The first kappa shape index (κ1) is 25.9. The van der Waals surface area contributed by atoms with E-state index in [4.69, 9.17) is 5.73 Å². The smallest absolute Gasteiger partial charge is 0.543 e. The van der Waals surface area contributed by atoms with Gasteiger partial charge in [-0.2, -0.15) is 4.52 Å². The number of nitrogen functional groups attached to an aromatic ring is 1. The Kier molecular flexibility index (Phi) is 7.69. The number of nitrogens with one attached hydrogen (secondary N) is 1. The number of fused-ring (bicyclic) bond motifs is 2. The standard InChI is InChI=1S/C16H13N9O5S4.Na/c17-14-19-6(3-32-14)7(23-30)10(26)20-8-11(27)25-9(13(28)29)5(1-31-12(8)25)2-33-16-22-24-4-18-21-15(24)34-16;/h3-4,8,12,30H,1-2H2,(H2,17,19)(H,20,26)(H,28,29);/q;+1/p-1/b23-7-;/t8-,12-;/m1./s1. The number of aromatic nitrogens is 5. The first-order chi connectivity index (χ1) is 16.4. The Labute approximate surface area is 234 Å². The van der Waals surface area contributed by atoms with Gasteiger partial charge < -0.3 is 26.2 Å². The van der Waals surface area contributed by atoms with Crippen molar-refractivity contribution in [1.82, 2.24) is 35.0 Å². The molecular weight excluding hydrogens is 549 g/mol. The zero-order valence-corrected chi connectivity index (χ0v) is 22.9. The molecule has 35 heavy (non-hydrogen) atoms. The van der Waals surface area contributed by atoms with Crippen LogP contribution in [0.2, 0.25) is 0 Å². The molecule has 0 aromatic carbocycles. The zero-order chi connectivity index (χ0) is 24.0. The van der Waals surface area contributed by atoms with Crippen molar-refractivity contribution in [1.29, 1.82) is 0 Å². The molecule has 4 N–H and O–H groups in total. The summed E-state index contributed by atoms with van der Waals surface area (Å²) >= 11 is 4.98. The molecule has 2 atom stereocenters. The molecule has 0 saturated carbocycles. The van der Waals surface area contributed by atoms with Crippen LogP contribution in [0.5, 0.6) is 0 Å². The topological polar surface area (TPSA) is 204 Å². The number of thioether (sulfide) groups is 2. The van der Waals surface area contributed by atoms with E-state index in [0.717, 1.165) is 16.2 Å². The minimum atomic E-state index is -1.48. The molecule has 0 spiro atoms. The number of aliphatic carboxylic acids is 1. The van der Waals surface area contributed by atoms with Gasteiger partial charge in [0, 0.05) is 16.9 Å². The molecule has 1 saturated heterocycles. The summed E-state index contributed by atoms with van der Waals surface area (Å²) in [4.78, 5) is 42.9. The van der Waals surface area contributed by atoms with Gasteiger partial charge in [0.2, 0.25) is 4.96 Å². The van der Waals surface area contributed by atoms with E-state index in [-0.39, 0.29) is 51.8 Å². The summed E-state index contributed by atoms with van der Waals surface area (Å²) < 4.78 is 2.18. The molecule has 1 fully saturated rings. The van der Waals surface area contributed by atoms with E-state index in [1.54, 1.807) is 0 Å². The largest absolute Gasteiger partial charge is 1.00 e. The van der Waals surface area contributed by atoms with Gasteiger partial charge in [-0.25, -0.2) is 4.98 Å². The average molecular weight is 562 g/mol. The van der Waals surface area contributed by atoms with Crippen LogP contribution >= 0.6 is 46.2 Å². The van der Waals surface area contributed by atoms with E-state index in [0.29, 0.717) is 20.6 Å². The van der Waals surface area contributed by atoms with Crippen LogP contribution in [0.25, 0.3) is 4.96 Å². The Balaban J connectivity index is 0.00000289. The summed E-state index contributed by atoms with van der Waals surface area (Å²) in [5.41, 5.74) is 5.50. The third kappa shape index (κ3) is 4.78. The Morgan fingerprint density at radius 3 is 2.89 bits per heavy atom. The summed E-state index contributed by atoms with van der Waals surface area (Å²) in [6.45, 7) is 0. The van der Waals surface area contributed by atoms with Crippen molar-refractivity contribution in [2.45, 2.75) is 15.8 Å². The fraction of sp³-hybridized carbons (Fsp3) is 0.250. The maximum Gasteiger partial charge on any atom is 1.00 e. The van der Waals surface area contributed by atoms with Crippen LogP contribution in [0.4, 0.5) is 5.13 Å². The van der Waals surface area contributed by atoms with Crippen molar-refractivity contribution in [3.05, 3.63) is 28.7 Å². The number of rotatable bonds is 7. The van der Waals surface area contributed by atoms with Crippen molar-refractivity contribution in [2.75, 3.05) is 17.2 Å². The second-order valence-corrected chi connectivity index (χ2v) is 11.0. The first-order valence-corrected chi connectivity index (χ1v) is 13.0. The van der Waals surface area contributed by atoms with E-state index in [2.05, 4.69) is 30.8 Å². The number of hydrogen-bond donors (Lipinski definition) is 3. The number of nitrogens with zero attached hydrogens (tertiary/aromatic N) is 7. The number of carboxylic acids is 1. The van der Waals surface area contributed by atoms with E-state index >= 15 is 0 Å². The molecule has 0 radical (unpaired) electrons. The van der Waals surface area contributed by atoms with Crippen LogP contribution in [0.3, 0.4) is 0 Å². The van der Waals surface area contributed by atoms with Gasteiger partial charge >= 0.3 is 29.6 Å². The van der Waals surface area contributed by atoms with Gasteiger partial charge in [0.25, 0.3) is 11.8 Å². The van der Waals surface area contributed by atoms with Gasteiger partial charge in [-0.1, -0.05) is 28.3 Å². The molecule has 0 unspecified atom stereocenters. The molecule has 2 aliphatic rings. The van der Waals surface area contributed by atoms with Crippen LogP contribution in [-0.4, -0.2) is 81.3 Å². The number of anilines is 1. The minimum absolute atomic E-state index is 0. The average Bonchev–Trinajstić information content (AvgIpc) is 3.52. The van der Waals surface area contributed by atoms with E-state index in [1.807, 2.05) is 0 Å². The van der Waals surface area contributed by atoms with Crippen LogP contribution in [0.15, 0.2) is 32.5 Å². The second kappa shape index (κ2) is 10.4. The number of β-lactam (4-membered cyclic amide) rings is 1. The SMILES string of the molecule is Nc1nc(/C(=N/O)C(=O)N[C@@H]2C(=O)N3C(C(=O)[O-])=C(CSc4nn5cnnc5s4)CS[C@H]23)cs1.[Na+]. The zero-order valence-electron chi connectivity index (χ0n) is 17.6. The second-order valence-electron chi connectivity index (χ2n) is 6.83. The molecule has 2 amide bonds. The Bertz CT molecular complexity index is 1360. The minimum Gasteiger partial charge on any atom is -0.543 e. The quantitative estimate of drug-likeness (QED) is 0.0625. The predicted octanol–water partition coefficient (Wildman–Crippen LogP) is -4.40. The monoisotopic (exact) mass is 561 g/mol. The summed E-state index contributed by atoms with van der Waals surface area (Å²) in [6, 6.07) is -1.01. The summed E-state index contributed by atoms with van der Waals surface area (Å²) in [5, 5.41) is 39.5. The Morgan fingerprint density at radius 2 is 2.23 bits per heavy atom. The maximum atomic E-state index is 12.8. The number of carboxylic acid groups (broad SMARTS) is 1. The van der Waals surface area contributed by atoms with Gasteiger partial charge in [-0.05, 0) is 5.57 Å². The fourth-order valence-electron chi connectivity index (χ4n) is 3.35. The molecule has 0 bridgehead atoms. The summed E-state index contributed by atoms with van der Waals surface area (Å²) in [7, 11) is 0. The third-order valence-corrected chi connectivity index (χ3v) is 8.99.